The number of carbonyl (C=O) groups excluding carboxylic acids is 3. The highest BCUT2D eigenvalue weighted by Gasteiger charge is 2.19. The van der Waals surface area contributed by atoms with Crippen molar-refractivity contribution in [1.29, 1.82) is 0 Å². The minimum atomic E-state index is -0.779. The number of rotatable bonds is 60. The predicted molar refractivity (Wildman–Crippen MR) is 321 cm³/mol. The van der Waals surface area contributed by atoms with Crippen LogP contribution in [0.3, 0.4) is 0 Å². The van der Waals surface area contributed by atoms with Gasteiger partial charge in [-0.1, -0.05) is 275 Å². The number of allylic oxidation sites excluding steroid dienone is 8. The first kappa shape index (κ1) is 71.4. The molecule has 0 heterocycles. The molecule has 0 spiro atoms. The summed E-state index contributed by atoms with van der Waals surface area (Å²) in [4.78, 5) is 38.4. The van der Waals surface area contributed by atoms with Gasteiger partial charge in [0.15, 0.2) is 6.10 Å². The van der Waals surface area contributed by atoms with Gasteiger partial charge in [-0.05, 0) is 103 Å². The number of ether oxygens (including phenoxy) is 3. The van der Waals surface area contributed by atoms with E-state index in [1.54, 1.807) is 0 Å². The van der Waals surface area contributed by atoms with E-state index in [0.717, 1.165) is 70.6 Å². The van der Waals surface area contributed by atoms with Crippen molar-refractivity contribution in [3.8, 4) is 0 Å². The van der Waals surface area contributed by atoms with E-state index in [4.69, 9.17) is 14.2 Å². The van der Waals surface area contributed by atoms with E-state index >= 15 is 0 Å². The standard InChI is InChI=1S/C68H124O6/c1-4-7-10-13-16-19-22-25-28-31-34-37-40-43-46-49-52-55-58-61-67(70)73-64-65(63-72-66(69)60-57-54-51-48-45-42-39-36-33-30-27-24-21-18-15-12-9-6-3)74-68(71)62-59-56-53-50-47-44-41-38-35-32-29-26-23-20-17-14-11-8-5-2/h21,24-26,28-30,33,65H,4-20,22-23,27,31-32,34-64H2,1-3H3/b24-21-,28-25-,29-26-,33-30-. The molecule has 0 aromatic rings. The van der Waals surface area contributed by atoms with Gasteiger partial charge in [0.1, 0.15) is 13.2 Å². The Hall–Kier alpha value is -2.63. The molecule has 74 heavy (non-hydrogen) atoms. The fourth-order valence-electron chi connectivity index (χ4n) is 9.58. The molecule has 0 aliphatic rings. The Balaban J connectivity index is 4.36. The van der Waals surface area contributed by atoms with Crippen molar-refractivity contribution in [2.75, 3.05) is 13.2 Å². The number of unbranched alkanes of at least 4 members (excludes halogenated alkanes) is 41. The maximum absolute atomic E-state index is 12.9. The van der Waals surface area contributed by atoms with Crippen LogP contribution in [0.15, 0.2) is 48.6 Å². The first-order valence-electron chi connectivity index (χ1n) is 32.6. The zero-order chi connectivity index (χ0) is 53.6. The van der Waals surface area contributed by atoms with Crippen molar-refractivity contribution >= 4 is 17.9 Å². The number of carbonyl (C=O) groups is 3. The summed E-state index contributed by atoms with van der Waals surface area (Å²) in [5.74, 6) is -0.866. The molecule has 6 nitrogen and oxygen atoms in total. The van der Waals surface area contributed by atoms with Crippen LogP contribution in [-0.2, 0) is 28.6 Å². The van der Waals surface area contributed by atoms with Crippen LogP contribution in [0.5, 0.6) is 0 Å². The largest absolute Gasteiger partial charge is 0.462 e. The Morgan fingerprint density at radius 1 is 0.270 bits per heavy atom. The lowest BCUT2D eigenvalue weighted by atomic mass is 10.1. The van der Waals surface area contributed by atoms with Crippen LogP contribution in [0.1, 0.15) is 348 Å². The molecule has 0 amide bonds. The minimum Gasteiger partial charge on any atom is -0.462 e. The second-order valence-corrected chi connectivity index (χ2v) is 22.0. The topological polar surface area (TPSA) is 78.9 Å². The highest BCUT2D eigenvalue weighted by Crippen LogP contribution is 2.17. The number of esters is 3. The smallest absolute Gasteiger partial charge is 0.306 e. The van der Waals surface area contributed by atoms with Gasteiger partial charge in [0.25, 0.3) is 0 Å². The molecule has 6 heteroatoms. The molecule has 0 aromatic heterocycles. The predicted octanol–water partition coefficient (Wildman–Crippen LogP) is 22.2. The van der Waals surface area contributed by atoms with Crippen molar-refractivity contribution in [1.82, 2.24) is 0 Å². The molecular weight excluding hydrogens is 913 g/mol. The Morgan fingerprint density at radius 3 is 0.770 bits per heavy atom. The van der Waals surface area contributed by atoms with Crippen LogP contribution >= 0.6 is 0 Å². The van der Waals surface area contributed by atoms with Crippen LogP contribution in [0.2, 0.25) is 0 Å². The maximum Gasteiger partial charge on any atom is 0.306 e. The summed E-state index contributed by atoms with van der Waals surface area (Å²) < 4.78 is 17.0. The Bertz CT molecular complexity index is 1280. The van der Waals surface area contributed by atoms with Crippen molar-refractivity contribution in [3.05, 3.63) is 48.6 Å². The van der Waals surface area contributed by atoms with Crippen molar-refractivity contribution in [2.24, 2.45) is 0 Å². The molecule has 1 unspecified atom stereocenters. The molecule has 0 saturated heterocycles. The average Bonchev–Trinajstić information content (AvgIpc) is 3.40. The molecule has 1 atom stereocenters. The number of hydrogen-bond acceptors (Lipinski definition) is 6. The molecule has 0 bridgehead atoms. The van der Waals surface area contributed by atoms with E-state index in [2.05, 4.69) is 69.4 Å². The van der Waals surface area contributed by atoms with Gasteiger partial charge in [0, 0.05) is 19.3 Å². The van der Waals surface area contributed by atoms with Crippen LogP contribution in [-0.4, -0.2) is 37.2 Å². The molecule has 0 saturated carbocycles. The quantitative estimate of drug-likeness (QED) is 0.0261. The summed E-state index contributed by atoms with van der Waals surface area (Å²) in [7, 11) is 0. The fourth-order valence-corrected chi connectivity index (χ4v) is 9.58. The lowest BCUT2D eigenvalue weighted by Gasteiger charge is -2.18. The van der Waals surface area contributed by atoms with E-state index in [9.17, 15) is 14.4 Å². The maximum atomic E-state index is 12.9. The average molecular weight is 1040 g/mol. The molecule has 0 N–H and O–H groups in total. The normalized spacial score (nSPS) is 12.3. The van der Waals surface area contributed by atoms with Crippen LogP contribution in [0.25, 0.3) is 0 Å². The van der Waals surface area contributed by atoms with E-state index in [-0.39, 0.29) is 31.1 Å². The van der Waals surface area contributed by atoms with Crippen molar-refractivity contribution < 1.29 is 28.6 Å². The van der Waals surface area contributed by atoms with Gasteiger partial charge in [-0.3, -0.25) is 14.4 Å². The summed E-state index contributed by atoms with van der Waals surface area (Å²) in [6.45, 7) is 6.66. The Kier molecular flexibility index (Phi) is 60.7. The molecule has 0 rings (SSSR count). The third kappa shape index (κ3) is 60.2. The lowest BCUT2D eigenvalue weighted by molar-refractivity contribution is -0.167. The Morgan fingerprint density at radius 2 is 0.486 bits per heavy atom. The van der Waals surface area contributed by atoms with Gasteiger partial charge in [-0.2, -0.15) is 0 Å². The Labute approximate surface area is 460 Å². The zero-order valence-electron chi connectivity index (χ0n) is 49.6. The van der Waals surface area contributed by atoms with E-state index in [1.165, 1.54) is 238 Å². The minimum absolute atomic E-state index is 0.0751. The SMILES string of the molecule is CCCCCC/C=C\C/C=C\CCCCCCCCCC(=O)OCC(COC(=O)CCCCCCCCCCC/C=C\CCCCCCCC)OC(=O)CCCCCCCCCCC/C=C\CCCCCCCC. The monoisotopic (exact) mass is 1040 g/mol. The first-order chi connectivity index (χ1) is 36.5. The summed E-state index contributed by atoms with van der Waals surface area (Å²) in [5.41, 5.74) is 0. The second kappa shape index (κ2) is 62.9. The van der Waals surface area contributed by atoms with Crippen molar-refractivity contribution in [3.63, 3.8) is 0 Å². The third-order valence-corrected chi connectivity index (χ3v) is 14.5. The molecule has 0 aliphatic heterocycles. The zero-order valence-corrected chi connectivity index (χ0v) is 49.6. The number of hydrogen-bond donors (Lipinski definition) is 0. The molecule has 0 fully saturated rings. The molecular formula is C68H124O6. The molecule has 0 aliphatic carbocycles. The highest BCUT2D eigenvalue weighted by atomic mass is 16.6. The van der Waals surface area contributed by atoms with E-state index < -0.39 is 6.10 Å². The summed E-state index contributed by atoms with van der Waals surface area (Å²) in [5, 5.41) is 0. The summed E-state index contributed by atoms with van der Waals surface area (Å²) in [6, 6.07) is 0. The summed E-state index contributed by atoms with van der Waals surface area (Å²) >= 11 is 0. The van der Waals surface area contributed by atoms with E-state index in [0.29, 0.717) is 19.3 Å². The molecule has 432 valence electrons. The lowest BCUT2D eigenvalue weighted by Crippen LogP contribution is -2.30. The van der Waals surface area contributed by atoms with Crippen LogP contribution in [0, 0.1) is 0 Å². The van der Waals surface area contributed by atoms with Gasteiger partial charge < -0.3 is 14.2 Å². The van der Waals surface area contributed by atoms with E-state index in [1.807, 2.05) is 0 Å². The van der Waals surface area contributed by atoms with Crippen LogP contribution in [0.4, 0.5) is 0 Å². The van der Waals surface area contributed by atoms with Gasteiger partial charge >= 0.3 is 17.9 Å². The molecule has 0 aromatic carbocycles. The third-order valence-electron chi connectivity index (χ3n) is 14.5. The van der Waals surface area contributed by atoms with Gasteiger partial charge in [0.2, 0.25) is 0 Å². The second-order valence-electron chi connectivity index (χ2n) is 22.0. The highest BCUT2D eigenvalue weighted by molar-refractivity contribution is 5.71. The van der Waals surface area contributed by atoms with Gasteiger partial charge in [0.05, 0.1) is 0 Å². The van der Waals surface area contributed by atoms with Crippen LogP contribution < -0.4 is 0 Å². The molecule has 0 radical (unpaired) electrons. The first-order valence-corrected chi connectivity index (χ1v) is 32.6. The summed E-state index contributed by atoms with van der Waals surface area (Å²) in [6.07, 6.45) is 78.2. The fraction of sp³-hybridized carbons (Fsp3) is 0.838. The van der Waals surface area contributed by atoms with Gasteiger partial charge in [-0.15, -0.1) is 0 Å². The van der Waals surface area contributed by atoms with Gasteiger partial charge in [-0.25, -0.2) is 0 Å². The van der Waals surface area contributed by atoms with Crippen molar-refractivity contribution in [2.45, 2.75) is 354 Å².